The van der Waals surface area contributed by atoms with Crippen LogP contribution in [0.4, 0.5) is 11.9 Å². The molecule has 0 saturated carbocycles. The first kappa shape index (κ1) is 14.0. The number of rotatable bonds is 4. The van der Waals surface area contributed by atoms with Gasteiger partial charge in [-0.3, -0.25) is 0 Å². The Bertz CT molecular complexity index is 554. The van der Waals surface area contributed by atoms with Crippen LogP contribution in [0.5, 0.6) is 11.8 Å². The smallest absolute Gasteiger partial charge is 0.328 e. The maximum atomic E-state index is 5.70. The summed E-state index contributed by atoms with van der Waals surface area (Å²) in [6, 6.07) is 8.04. The molecule has 1 heterocycles. The quantitative estimate of drug-likeness (QED) is 0.850. The minimum absolute atomic E-state index is 0.288. The van der Waals surface area contributed by atoms with Gasteiger partial charge in [0.25, 0.3) is 0 Å². The van der Waals surface area contributed by atoms with Gasteiger partial charge >= 0.3 is 6.01 Å². The summed E-state index contributed by atoms with van der Waals surface area (Å²) in [6.45, 7) is 2.03. The topological polar surface area (TPSA) is 54.4 Å². The molecule has 0 amide bonds. The predicted molar refractivity (Wildman–Crippen MR) is 79.7 cm³/mol. The molecule has 0 fully saturated rings. The molecular formula is C14H19N5O. The molecule has 0 saturated heterocycles. The Hall–Kier alpha value is -2.37. The Morgan fingerprint density at radius 2 is 1.30 bits per heavy atom. The number of ether oxygens (including phenoxy) is 1. The van der Waals surface area contributed by atoms with Gasteiger partial charge in [-0.05, 0) is 19.1 Å². The van der Waals surface area contributed by atoms with Gasteiger partial charge < -0.3 is 14.5 Å². The van der Waals surface area contributed by atoms with Gasteiger partial charge in [-0.1, -0.05) is 17.7 Å². The molecule has 1 aromatic carbocycles. The molecule has 0 aliphatic carbocycles. The first-order valence-corrected chi connectivity index (χ1v) is 6.31. The highest BCUT2D eigenvalue weighted by atomic mass is 16.5. The molecule has 106 valence electrons. The third kappa shape index (κ3) is 3.34. The van der Waals surface area contributed by atoms with Crippen molar-refractivity contribution in [2.75, 3.05) is 38.0 Å². The van der Waals surface area contributed by atoms with Gasteiger partial charge in [0.1, 0.15) is 5.75 Å². The molecule has 2 aromatic rings. The summed E-state index contributed by atoms with van der Waals surface area (Å²) >= 11 is 0. The number of hydrogen-bond acceptors (Lipinski definition) is 6. The number of aryl methyl sites for hydroxylation is 1. The van der Waals surface area contributed by atoms with Crippen molar-refractivity contribution in [1.29, 1.82) is 0 Å². The first-order chi connectivity index (χ1) is 9.45. The minimum atomic E-state index is 0.288. The lowest BCUT2D eigenvalue weighted by molar-refractivity contribution is 0.439. The van der Waals surface area contributed by atoms with Crippen molar-refractivity contribution in [1.82, 2.24) is 15.0 Å². The van der Waals surface area contributed by atoms with Gasteiger partial charge in [0, 0.05) is 28.2 Å². The van der Waals surface area contributed by atoms with Crippen LogP contribution in [0.2, 0.25) is 0 Å². The number of benzene rings is 1. The predicted octanol–water partition coefficient (Wildman–Crippen LogP) is 2.10. The highest BCUT2D eigenvalue weighted by molar-refractivity contribution is 5.39. The van der Waals surface area contributed by atoms with Gasteiger partial charge in [-0.15, -0.1) is 0 Å². The zero-order chi connectivity index (χ0) is 14.7. The zero-order valence-corrected chi connectivity index (χ0v) is 12.5. The lowest BCUT2D eigenvalue weighted by Crippen LogP contribution is -2.19. The molecule has 6 heteroatoms. The maximum Gasteiger partial charge on any atom is 0.328 e. The molecule has 0 atom stereocenters. The third-order valence-corrected chi connectivity index (χ3v) is 2.62. The fourth-order valence-electron chi connectivity index (χ4n) is 1.49. The van der Waals surface area contributed by atoms with Crippen LogP contribution in [0.25, 0.3) is 0 Å². The van der Waals surface area contributed by atoms with Crippen LogP contribution in [0, 0.1) is 6.92 Å². The Balaban J connectivity index is 2.32. The van der Waals surface area contributed by atoms with Crippen molar-refractivity contribution in [2.24, 2.45) is 0 Å². The molecule has 20 heavy (non-hydrogen) atoms. The lowest BCUT2D eigenvalue weighted by atomic mass is 10.2. The summed E-state index contributed by atoms with van der Waals surface area (Å²) in [7, 11) is 7.52. The van der Waals surface area contributed by atoms with E-state index in [1.165, 1.54) is 5.56 Å². The van der Waals surface area contributed by atoms with Crippen molar-refractivity contribution < 1.29 is 4.74 Å². The van der Waals surface area contributed by atoms with Gasteiger partial charge in [-0.25, -0.2) is 0 Å². The molecule has 0 radical (unpaired) electrons. The Labute approximate surface area is 119 Å². The molecule has 0 aliphatic rings. The van der Waals surface area contributed by atoms with E-state index in [1.54, 1.807) is 0 Å². The fourth-order valence-corrected chi connectivity index (χ4v) is 1.49. The zero-order valence-electron chi connectivity index (χ0n) is 12.5. The molecule has 0 aliphatic heterocycles. The monoisotopic (exact) mass is 273 g/mol. The molecule has 0 spiro atoms. The molecule has 6 nitrogen and oxygen atoms in total. The van der Waals surface area contributed by atoms with E-state index < -0.39 is 0 Å². The normalized spacial score (nSPS) is 10.2. The summed E-state index contributed by atoms with van der Waals surface area (Å²) in [5, 5.41) is 0. The fraction of sp³-hybridized carbons (Fsp3) is 0.357. The lowest BCUT2D eigenvalue weighted by Gasteiger charge is -2.16. The number of hydrogen-bond donors (Lipinski definition) is 0. The van der Waals surface area contributed by atoms with E-state index in [2.05, 4.69) is 15.0 Å². The van der Waals surface area contributed by atoms with Gasteiger partial charge in [0.2, 0.25) is 11.9 Å². The van der Waals surface area contributed by atoms with Crippen molar-refractivity contribution in [3.05, 3.63) is 29.8 Å². The molecule has 0 N–H and O–H groups in total. The number of anilines is 2. The van der Waals surface area contributed by atoms with Crippen LogP contribution in [-0.4, -0.2) is 43.1 Å². The highest BCUT2D eigenvalue weighted by Crippen LogP contribution is 2.21. The second-order valence-corrected chi connectivity index (χ2v) is 4.92. The van der Waals surface area contributed by atoms with E-state index in [0.717, 1.165) is 0 Å². The van der Waals surface area contributed by atoms with Crippen molar-refractivity contribution >= 4 is 11.9 Å². The van der Waals surface area contributed by atoms with Crippen LogP contribution in [0.1, 0.15) is 5.56 Å². The van der Waals surface area contributed by atoms with E-state index >= 15 is 0 Å². The van der Waals surface area contributed by atoms with E-state index in [1.807, 2.05) is 69.2 Å². The molecule has 1 aromatic heterocycles. The second kappa shape index (κ2) is 5.73. The SMILES string of the molecule is Cc1ccc(Oc2nc(N(C)C)nc(N(C)C)n2)cc1. The third-order valence-electron chi connectivity index (χ3n) is 2.62. The van der Waals surface area contributed by atoms with Crippen molar-refractivity contribution in [3.63, 3.8) is 0 Å². The van der Waals surface area contributed by atoms with E-state index in [9.17, 15) is 0 Å². The Morgan fingerprint density at radius 1 is 0.800 bits per heavy atom. The van der Waals surface area contributed by atoms with Crippen LogP contribution >= 0.6 is 0 Å². The minimum Gasteiger partial charge on any atom is -0.424 e. The van der Waals surface area contributed by atoms with E-state index in [-0.39, 0.29) is 6.01 Å². The van der Waals surface area contributed by atoms with Gasteiger partial charge in [-0.2, -0.15) is 15.0 Å². The summed E-state index contributed by atoms with van der Waals surface area (Å²) < 4.78 is 5.70. The van der Waals surface area contributed by atoms with Crippen molar-refractivity contribution in [3.8, 4) is 11.8 Å². The number of nitrogens with zero attached hydrogens (tertiary/aromatic N) is 5. The summed E-state index contributed by atoms with van der Waals surface area (Å²) in [6.07, 6.45) is 0. The van der Waals surface area contributed by atoms with Gasteiger partial charge in [0.15, 0.2) is 0 Å². The number of aromatic nitrogens is 3. The van der Waals surface area contributed by atoms with E-state index in [0.29, 0.717) is 17.6 Å². The first-order valence-electron chi connectivity index (χ1n) is 6.31. The largest absolute Gasteiger partial charge is 0.424 e. The van der Waals surface area contributed by atoms with Crippen molar-refractivity contribution in [2.45, 2.75) is 6.92 Å². The Morgan fingerprint density at radius 3 is 1.75 bits per heavy atom. The molecule has 0 bridgehead atoms. The summed E-state index contributed by atoms with van der Waals surface area (Å²) in [5.41, 5.74) is 1.18. The average Bonchev–Trinajstić information content (AvgIpc) is 2.41. The summed E-state index contributed by atoms with van der Waals surface area (Å²) in [4.78, 5) is 16.5. The maximum absolute atomic E-state index is 5.70. The molecular weight excluding hydrogens is 254 g/mol. The van der Waals surface area contributed by atoms with Crippen LogP contribution in [-0.2, 0) is 0 Å². The average molecular weight is 273 g/mol. The van der Waals surface area contributed by atoms with Crippen LogP contribution in [0.15, 0.2) is 24.3 Å². The van der Waals surface area contributed by atoms with Crippen LogP contribution < -0.4 is 14.5 Å². The molecule has 2 rings (SSSR count). The van der Waals surface area contributed by atoms with Gasteiger partial charge in [0.05, 0.1) is 0 Å². The standard InChI is InChI=1S/C14H19N5O/c1-10-6-8-11(9-7-10)20-14-16-12(18(2)3)15-13(17-14)19(4)5/h6-9H,1-5H3. The Kier molecular flexibility index (Phi) is 4.02. The van der Waals surface area contributed by atoms with E-state index in [4.69, 9.17) is 4.74 Å². The second-order valence-electron chi connectivity index (χ2n) is 4.92. The molecule has 0 unspecified atom stereocenters. The summed E-state index contributed by atoms with van der Waals surface area (Å²) in [5.74, 6) is 1.83. The van der Waals surface area contributed by atoms with Crippen LogP contribution in [0.3, 0.4) is 0 Å². The highest BCUT2D eigenvalue weighted by Gasteiger charge is 2.11.